The summed E-state index contributed by atoms with van der Waals surface area (Å²) in [5.74, 6) is 0.855. The second-order valence-electron chi connectivity index (χ2n) is 4.51. The van der Waals surface area contributed by atoms with Gasteiger partial charge in [-0.25, -0.2) is 0 Å². The summed E-state index contributed by atoms with van der Waals surface area (Å²) < 4.78 is 0. The quantitative estimate of drug-likeness (QED) is 0.375. The zero-order chi connectivity index (χ0) is 10.6. The molecule has 0 bridgehead atoms. The van der Waals surface area contributed by atoms with Crippen molar-refractivity contribution in [2.45, 2.75) is 65.2 Å². The van der Waals surface area contributed by atoms with Crippen LogP contribution in [0, 0.1) is 10.8 Å². The number of hydrogen-bond donors (Lipinski definition) is 0. The average molecular weight is 199 g/mol. The molecule has 84 valence electrons. The van der Waals surface area contributed by atoms with Gasteiger partial charge in [0.2, 0.25) is 0 Å². The van der Waals surface area contributed by atoms with Crippen LogP contribution < -0.4 is 0 Å². The molecular weight excluding hydrogens is 174 g/mol. The molecule has 0 unspecified atom stereocenters. The number of nitrogens with zero attached hydrogens (tertiary/aromatic N) is 1. The average Bonchev–Trinajstić information content (AvgIpc) is 2.15. The van der Waals surface area contributed by atoms with E-state index in [1.54, 1.807) is 0 Å². The van der Waals surface area contributed by atoms with E-state index in [4.69, 9.17) is 0 Å². The first kappa shape index (κ1) is 13.6. The van der Waals surface area contributed by atoms with Gasteiger partial charge in [-0.1, -0.05) is 64.0 Å². The first-order chi connectivity index (χ1) is 6.77. The SMILES string of the molecule is CC(C)CCCCCCCCCN=O. The Kier molecular flexibility index (Phi) is 10.4. The lowest BCUT2D eigenvalue weighted by molar-refractivity contribution is 0.509. The fourth-order valence-corrected chi connectivity index (χ4v) is 1.61. The lowest BCUT2D eigenvalue weighted by Gasteiger charge is -2.03. The van der Waals surface area contributed by atoms with Gasteiger partial charge >= 0.3 is 0 Å². The van der Waals surface area contributed by atoms with Crippen LogP contribution in [0.2, 0.25) is 0 Å². The van der Waals surface area contributed by atoms with Crippen molar-refractivity contribution < 1.29 is 0 Å². The predicted molar refractivity (Wildman–Crippen MR) is 62.4 cm³/mol. The van der Waals surface area contributed by atoms with E-state index < -0.39 is 0 Å². The third-order valence-corrected chi connectivity index (χ3v) is 2.53. The van der Waals surface area contributed by atoms with Crippen LogP contribution in [0.4, 0.5) is 0 Å². The van der Waals surface area contributed by atoms with Crippen molar-refractivity contribution in [3.05, 3.63) is 4.91 Å². The minimum Gasteiger partial charge on any atom is -0.151 e. The Morgan fingerprint density at radius 3 is 1.86 bits per heavy atom. The normalized spacial score (nSPS) is 10.8. The fraction of sp³-hybridized carbons (Fsp3) is 1.00. The molecule has 0 fully saturated rings. The summed E-state index contributed by atoms with van der Waals surface area (Å²) in [5, 5.41) is 2.85. The van der Waals surface area contributed by atoms with E-state index >= 15 is 0 Å². The molecule has 0 saturated heterocycles. The summed E-state index contributed by atoms with van der Waals surface area (Å²) in [6.45, 7) is 5.08. The van der Waals surface area contributed by atoms with Crippen LogP contribution in [0.25, 0.3) is 0 Å². The van der Waals surface area contributed by atoms with E-state index in [1.807, 2.05) is 0 Å². The number of hydrogen-bond acceptors (Lipinski definition) is 2. The van der Waals surface area contributed by atoms with E-state index in [1.165, 1.54) is 44.9 Å². The molecule has 0 aliphatic rings. The number of unbranched alkanes of at least 4 members (excludes halogenated alkanes) is 6. The van der Waals surface area contributed by atoms with Crippen LogP contribution in [-0.2, 0) is 0 Å². The van der Waals surface area contributed by atoms with Gasteiger partial charge in [0.15, 0.2) is 0 Å². The van der Waals surface area contributed by atoms with Crippen molar-refractivity contribution in [2.24, 2.45) is 11.1 Å². The third kappa shape index (κ3) is 11.6. The summed E-state index contributed by atoms with van der Waals surface area (Å²) >= 11 is 0. The standard InChI is InChI=1S/C12H25NO/c1-12(2)10-8-6-4-3-5-7-9-11-13-14/h12H,3-11H2,1-2H3. The first-order valence-electron chi connectivity index (χ1n) is 6.06. The highest BCUT2D eigenvalue weighted by molar-refractivity contribution is 4.50. The Hall–Kier alpha value is -0.400. The second kappa shape index (κ2) is 10.7. The van der Waals surface area contributed by atoms with Crippen LogP contribution in [0.3, 0.4) is 0 Å². The summed E-state index contributed by atoms with van der Waals surface area (Å²) in [6, 6.07) is 0. The molecule has 0 atom stereocenters. The van der Waals surface area contributed by atoms with Gasteiger partial charge in [-0.3, -0.25) is 0 Å². The van der Waals surface area contributed by atoms with Gasteiger partial charge in [-0.05, 0) is 12.3 Å². The molecule has 2 nitrogen and oxygen atoms in total. The molecule has 0 N–H and O–H groups in total. The van der Waals surface area contributed by atoms with Crippen molar-refractivity contribution in [1.82, 2.24) is 0 Å². The van der Waals surface area contributed by atoms with Crippen molar-refractivity contribution >= 4 is 0 Å². The van der Waals surface area contributed by atoms with Gasteiger partial charge in [-0.2, -0.15) is 4.91 Å². The van der Waals surface area contributed by atoms with Gasteiger partial charge < -0.3 is 0 Å². The van der Waals surface area contributed by atoms with Crippen LogP contribution >= 0.6 is 0 Å². The van der Waals surface area contributed by atoms with E-state index in [-0.39, 0.29) is 0 Å². The summed E-state index contributed by atoms with van der Waals surface area (Å²) in [7, 11) is 0. The maximum atomic E-state index is 9.79. The molecule has 0 aromatic carbocycles. The summed E-state index contributed by atoms with van der Waals surface area (Å²) in [5.41, 5.74) is 0. The highest BCUT2D eigenvalue weighted by Gasteiger charge is 1.94. The molecule has 0 aliphatic heterocycles. The number of rotatable bonds is 10. The Balaban J connectivity index is 2.88. The summed E-state index contributed by atoms with van der Waals surface area (Å²) in [6.07, 6.45) is 10.3. The monoisotopic (exact) mass is 199 g/mol. The van der Waals surface area contributed by atoms with E-state index in [2.05, 4.69) is 19.0 Å². The number of nitroso groups, excluding NO2 is 1. The minimum absolute atomic E-state index is 0.507. The Morgan fingerprint density at radius 2 is 1.36 bits per heavy atom. The van der Waals surface area contributed by atoms with Gasteiger partial charge in [0, 0.05) is 0 Å². The largest absolute Gasteiger partial charge is 0.151 e. The molecule has 2 heteroatoms. The molecule has 0 amide bonds. The van der Waals surface area contributed by atoms with Crippen molar-refractivity contribution in [1.29, 1.82) is 0 Å². The molecule has 14 heavy (non-hydrogen) atoms. The Morgan fingerprint density at radius 1 is 0.857 bits per heavy atom. The van der Waals surface area contributed by atoms with Crippen molar-refractivity contribution in [3.63, 3.8) is 0 Å². The van der Waals surface area contributed by atoms with Gasteiger partial charge in [0.05, 0.1) is 6.54 Å². The van der Waals surface area contributed by atoms with Gasteiger partial charge in [-0.15, -0.1) is 0 Å². The van der Waals surface area contributed by atoms with Crippen LogP contribution in [-0.4, -0.2) is 6.54 Å². The third-order valence-electron chi connectivity index (χ3n) is 2.53. The molecule has 0 saturated carbocycles. The molecular formula is C12H25NO. The molecule has 0 rings (SSSR count). The maximum absolute atomic E-state index is 9.79. The van der Waals surface area contributed by atoms with Crippen LogP contribution in [0.5, 0.6) is 0 Å². The topological polar surface area (TPSA) is 29.4 Å². The molecule has 0 aliphatic carbocycles. The van der Waals surface area contributed by atoms with Gasteiger partial charge in [0.1, 0.15) is 0 Å². The van der Waals surface area contributed by atoms with E-state index in [9.17, 15) is 4.91 Å². The highest BCUT2D eigenvalue weighted by atomic mass is 16.3. The molecule has 0 aromatic heterocycles. The lowest BCUT2D eigenvalue weighted by Crippen LogP contribution is -1.87. The Labute approximate surface area is 88.4 Å². The van der Waals surface area contributed by atoms with Crippen LogP contribution in [0.1, 0.15) is 65.2 Å². The fourth-order valence-electron chi connectivity index (χ4n) is 1.61. The lowest BCUT2D eigenvalue weighted by atomic mass is 10.0. The maximum Gasteiger partial charge on any atom is 0.0811 e. The molecule has 0 aromatic rings. The minimum atomic E-state index is 0.507. The smallest absolute Gasteiger partial charge is 0.0811 e. The molecule has 0 heterocycles. The first-order valence-corrected chi connectivity index (χ1v) is 6.06. The van der Waals surface area contributed by atoms with Gasteiger partial charge in [0.25, 0.3) is 0 Å². The zero-order valence-electron chi connectivity index (χ0n) is 9.80. The van der Waals surface area contributed by atoms with Crippen LogP contribution in [0.15, 0.2) is 5.18 Å². The second-order valence-corrected chi connectivity index (χ2v) is 4.51. The zero-order valence-corrected chi connectivity index (χ0v) is 9.80. The molecule has 0 radical (unpaired) electrons. The Bertz CT molecular complexity index is 123. The predicted octanol–water partition coefficient (Wildman–Crippen LogP) is 4.53. The highest BCUT2D eigenvalue weighted by Crippen LogP contribution is 2.11. The summed E-state index contributed by atoms with van der Waals surface area (Å²) in [4.78, 5) is 9.79. The van der Waals surface area contributed by atoms with Crippen molar-refractivity contribution in [2.75, 3.05) is 6.54 Å². The van der Waals surface area contributed by atoms with E-state index in [0.29, 0.717) is 6.54 Å². The van der Waals surface area contributed by atoms with Crippen molar-refractivity contribution in [3.8, 4) is 0 Å². The van der Waals surface area contributed by atoms with E-state index in [0.717, 1.165) is 12.3 Å². The molecule has 0 spiro atoms.